The summed E-state index contributed by atoms with van der Waals surface area (Å²) in [7, 11) is 0. The summed E-state index contributed by atoms with van der Waals surface area (Å²) < 4.78 is 0. The Hall–Kier alpha value is -2.35. The zero-order valence-corrected chi connectivity index (χ0v) is 14.3. The van der Waals surface area contributed by atoms with Gasteiger partial charge in [0.15, 0.2) is 0 Å². The summed E-state index contributed by atoms with van der Waals surface area (Å²) in [6.07, 6.45) is 0.481. The van der Waals surface area contributed by atoms with Crippen LogP contribution in [0.15, 0.2) is 24.3 Å². The van der Waals surface area contributed by atoms with Gasteiger partial charge in [0.25, 0.3) is 0 Å². The van der Waals surface area contributed by atoms with E-state index in [4.69, 9.17) is 5.26 Å². The molecule has 5 nitrogen and oxygen atoms in total. The predicted molar refractivity (Wildman–Crippen MR) is 90.8 cm³/mol. The minimum absolute atomic E-state index is 0.0792. The van der Waals surface area contributed by atoms with Gasteiger partial charge in [-0.3, -0.25) is 9.59 Å². The van der Waals surface area contributed by atoms with Gasteiger partial charge in [0.2, 0.25) is 11.8 Å². The van der Waals surface area contributed by atoms with Gasteiger partial charge in [-0.2, -0.15) is 5.26 Å². The van der Waals surface area contributed by atoms with Gasteiger partial charge in [-0.25, -0.2) is 0 Å². The molecular weight excluding hydrogens is 290 g/mol. The molecule has 5 heteroatoms. The molecule has 0 aliphatic heterocycles. The third-order valence-electron chi connectivity index (χ3n) is 3.37. The molecule has 0 bridgehead atoms. The van der Waals surface area contributed by atoms with Crippen LogP contribution in [0.25, 0.3) is 0 Å². The Balaban J connectivity index is 2.70. The topological polar surface area (TPSA) is 73.2 Å². The number of benzene rings is 1. The van der Waals surface area contributed by atoms with Crippen LogP contribution in [0, 0.1) is 23.7 Å². The van der Waals surface area contributed by atoms with Crippen LogP contribution in [0.4, 0.5) is 5.69 Å². The van der Waals surface area contributed by atoms with E-state index in [2.05, 4.69) is 11.4 Å². The third-order valence-corrected chi connectivity index (χ3v) is 3.37. The van der Waals surface area contributed by atoms with E-state index in [9.17, 15) is 9.59 Å². The quantitative estimate of drug-likeness (QED) is 0.877. The van der Waals surface area contributed by atoms with E-state index >= 15 is 0 Å². The molecule has 2 amide bonds. The van der Waals surface area contributed by atoms with E-state index in [1.165, 1.54) is 0 Å². The molecule has 1 aromatic rings. The molecule has 1 N–H and O–H groups in total. The van der Waals surface area contributed by atoms with Crippen LogP contribution in [-0.2, 0) is 9.59 Å². The highest BCUT2D eigenvalue weighted by atomic mass is 16.2. The van der Waals surface area contributed by atoms with E-state index in [1.807, 2.05) is 52.0 Å². The van der Waals surface area contributed by atoms with Crippen LogP contribution in [-0.4, -0.2) is 24.9 Å². The van der Waals surface area contributed by atoms with Crippen molar-refractivity contribution in [2.24, 2.45) is 5.41 Å². The van der Waals surface area contributed by atoms with Crippen LogP contribution in [0.5, 0.6) is 0 Å². The number of anilines is 1. The summed E-state index contributed by atoms with van der Waals surface area (Å²) in [6, 6.07) is 9.69. The van der Waals surface area contributed by atoms with Crippen LogP contribution in [0.3, 0.4) is 0 Å². The van der Waals surface area contributed by atoms with Crippen LogP contribution >= 0.6 is 0 Å². The van der Waals surface area contributed by atoms with Crippen LogP contribution in [0.2, 0.25) is 0 Å². The molecule has 0 aromatic heterocycles. The van der Waals surface area contributed by atoms with Gasteiger partial charge in [-0.15, -0.1) is 0 Å². The summed E-state index contributed by atoms with van der Waals surface area (Å²) in [5.41, 5.74) is 1.37. The highest BCUT2D eigenvalue weighted by Crippen LogP contribution is 2.17. The van der Waals surface area contributed by atoms with Gasteiger partial charge in [0.05, 0.1) is 12.5 Å². The lowest BCUT2D eigenvalue weighted by molar-refractivity contribution is -0.128. The molecule has 1 aromatic carbocycles. The molecule has 0 aliphatic rings. The molecule has 0 fully saturated rings. The monoisotopic (exact) mass is 315 g/mol. The average Bonchev–Trinajstić information content (AvgIpc) is 2.46. The van der Waals surface area contributed by atoms with E-state index in [0.29, 0.717) is 13.1 Å². The number of amides is 2. The molecule has 0 heterocycles. The van der Waals surface area contributed by atoms with Crippen molar-refractivity contribution >= 4 is 17.5 Å². The maximum atomic E-state index is 12.5. The number of nitrogens with one attached hydrogen (secondary N) is 1. The number of rotatable bonds is 6. The van der Waals surface area contributed by atoms with E-state index in [1.54, 1.807) is 4.90 Å². The summed E-state index contributed by atoms with van der Waals surface area (Å²) in [5.74, 6) is -0.176. The minimum atomic E-state index is -0.472. The first-order valence-electron chi connectivity index (χ1n) is 7.78. The SMILES string of the molecule is Cc1cccc(N(CCC#N)C(=O)CCNC(=O)C(C)(C)C)c1. The normalized spacial score (nSPS) is 10.7. The van der Waals surface area contributed by atoms with E-state index in [0.717, 1.165) is 11.3 Å². The Morgan fingerprint density at radius 1 is 1.30 bits per heavy atom. The predicted octanol–water partition coefficient (Wildman–Crippen LogP) is 2.79. The third kappa shape index (κ3) is 6.11. The fraction of sp³-hybridized carbons (Fsp3) is 0.500. The van der Waals surface area contributed by atoms with Crippen molar-refractivity contribution in [3.05, 3.63) is 29.8 Å². The molecule has 0 spiro atoms. The number of aryl methyl sites for hydroxylation is 1. The molecule has 1 rings (SSSR count). The number of nitrogens with zero attached hydrogens (tertiary/aromatic N) is 2. The van der Waals surface area contributed by atoms with Crippen molar-refractivity contribution in [3.63, 3.8) is 0 Å². The molecule has 0 saturated carbocycles. The second kappa shape index (κ2) is 8.33. The lowest BCUT2D eigenvalue weighted by Crippen LogP contribution is -2.38. The summed E-state index contributed by atoms with van der Waals surface area (Å²) in [4.78, 5) is 25.9. The van der Waals surface area contributed by atoms with Crippen molar-refractivity contribution < 1.29 is 9.59 Å². The van der Waals surface area contributed by atoms with Gasteiger partial charge in [-0.05, 0) is 24.6 Å². The van der Waals surface area contributed by atoms with Crippen LogP contribution in [0.1, 0.15) is 39.2 Å². The van der Waals surface area contributed by atoms with Gasteiger partial charge < -0.3 is 10.2 Å². The summed E-state index contributed by atoms with van der Waals surface area (Å²) >= 11 is 0. The maximum absolute atomic E-state index is 12.5. The zero-order valence-electron chi connectivity index (χ0n) is 14.3. The molecule has 0 radical (unpaired) electrons. The van der Waals surface area contributed by atoms with Crippen LogP contribution < -0.4 is 10.2 Å². The average molecular weight is 315 g/mol. The minimum Gasteiger partial charge on any atom is -0.355 e. The lowest BCUT2D eigenvalue weighted by atomic mass is 9.96. The largest absolute Gasteiger partial charge is 0.355 e. The van der Waals surface area contributed by atoms with Crippen molar-refractivity contribution in [1.82, 2.24) is 5.32 Å². The fourth-order valence-corrected chi connectivity index (χ4v) is 2.04. The van der Waals surface area contributed by atoms with Gasteiger partial charge >= 0.3 is 0 Å². The number of hydrogen-bond donors (Lipinski definition) is 1. The van der Waals surface area contributed by atoms with Gasteiger partial charge in [0.1, 0.15) is 0 Å². The Kier molecular flexibility index (Phi) is 6.77. The second-order valence-corrected chi connectivity index (χ2v) is 6.55. The Morgan fingerprint density at radius 3 is 2.57 bits per heavy atom. The molecule has 124 valence electrons. The fourth-order valence-electron chi connectivity index (χ4n) is 2.04. The van der Waals surface area contributed by atoms with Gasteiger partial charge in [-0.1, -0.05) is 32.9 Å². The summed E-state index contributed by atoms with van der Waals surface area (Å²) in [6.45, 7) is 8.10. The lowest BCUT2D eigenvalue weighted by Gasteiger charge is -2.23. The molecule has 0 unspecified atom stereocenters. The zero-order chi connectivity index (χ0) is 17.5. The van der Waals surface area contributed by atoms with E-state index < -0.39 is 5.41 Å². The Labute approximate surface area is 138 Å². The second-order valence-electron chi connectivity index (χ2n) is 6.55. The first-order chi connectivity index (χ1) is 10.8. The number of carbonyl (C=O) groups excluding carboxylic acids is 2. The molecule has 23 heavy (non-hydrogen) atoms. The van der Waals surface area contributed by atoms with Crippen molar-refractivity contribution in [2.75, 3.05) is 18.0 Å². The maximum Gasteiger partial charge on any atom is 0.228 e. The van der Waals surface area contributed by atoms with Crippen molar-refractivity contribution in [1.29, 1.82) is 5.26 Å². The van der Waals surface area contributed by atoms with E-state index in [-0.39, 0.29) is 24.7 Å². The summed E-state index contributed by atoms with van der Waals surface area (Å²) in [5, 5.41) is 11.6. The van der Waals surface area contributed by atoms with Crippen molar-refractivity contribution in [3.8, 4) is 6.07 Å². The van der Waals surface area contributed by atoms with Gasteiger partial charge in [0, 0.05) is 30.6 Å². The highest BCUT2D eigenvalue weighted by Gasteiger charge is 2.21. The molecule has 0 atom stereocenters. The molecular formula is C18H25N3O2. The van der Waals surface area contributed by atoms with Crippen molar-refractivity contribution in [2.45, 2.75) is 40.5 Å². The smallest absolute Gasteiger partial charge is 0.228 e. The number of hydrogen-bond acceptors (Lipinski definition) is 3. The Morgan fingerprint density at radius 2 is 2.00 bits per heavy atom. The number of nitriles is 1. The molecule has 0 saturated heterocycles. The first kappa shape index (κ1) is 18.7. The highest BCUT2D eigenvalue weighted by molar-refractivity contribution is 5.94. The number of carbonyl (C=O) groups is 2. The first-order valence-corrected chi connectivity index (χ1v) is 7.78. The molecule has 0 aliphatic carbocycles. The Bertz CT molecular complexity index is 597. The standard InChI is InChI=1S/C18H25N3O2/c1-14-7-5-8-15(13-14)21(12-6-10-19)16(22)9-11-20-17(23)18(2,3)4/h5,7-8,13H,6,9,11-12H2,1-4H3,(H,20,23).